The average molecular weight is 419 g/mol. The molecule has 3 aromatic rings. The molecule has 160 valence electrons. The summed E-state index contributed by atoms with van der Waals surface area (Å²) in [6.07, 6.45) is 5.33. The Morgan fingerprint density at radius 1 is 1.00 bits per heavy atom. The van der Waals surface area contributed by atoms with Gasteiger partial charge in [0.15, 0.2) is 11.5 Å². The quantitative estimate of drug-likeness (QED) is 0.553. The Bertz CT molecular complexity index is 1090. The van der Waals surface area contributed by atoms with Crippen LogP contribution in [-0.4, -0.2) is 29.1 Å². The molecule has 1 saturated carbocycles. The second-order valence-corrected chi connectivity index (χ2v) is 8.22. The lowest BCUT2D eigenvalue weighted by Crippen LogP contribution is -2.22. The second kappa shape index (κ2) is 8.06. The molecule has 0 spiro atoms. The van der Waals surface area contributed by atoms with E-state index in [9.17, 15) is 0 Å². The van der Waals surface area contributed by atoms with Crippen LogP contribution in [0.2, 0.25) is 0 Å². The number of hydrogen-bond donors (Lipinski definition) is 0. The van der Waals surface area contributed by atoms with Crippen LogP contribution >= 0.6 is 0 Å². The van der Waals surface area contributed by atoms with Gasteiger partial charge in [-0.25, -0.2) is 0 Å². The van der Waals surface area contributed by atoms with Gasteiger partial charge in [-0.2, -0.15) is 4.98 Å². The maximum Gasteiger partial charge on any atom is 0.274 e. The molecule has 1 aliphatic carbocycles. The highest BCUT2D eigenvalue weighted by molar-refractivity contribution is 6.02. The molecule has 2 aromatic carbocycles. The first-order valence-corrected chi connectivity index (χ1v) is 10.6. The van der Waals surface area contributed by atoms with Gasteiger partial charge in [-0.15, -0.1) is 0 Å². The number of ether oxygens (including phenoxy) is 2. The maximum atomic E-state index is 6.22. The van der Waals surface area contributed by atoms with Crippen molar-refractivity contribution in [2.24, 2.45) is 5.16 Å². The van der Waals surface area contributed by atoms with Gasteiger partial charge >= 0.3 is 0 Å². The zero-order valence-corrected chi connectivity index (χ0v) is 17.7. The number of methoxy groups -OCH3 is 1. The molecule has 31 heavy (non-hydrogen) atoms. The first-order valence-electron chi connectivity index (χ1n) is 10.6. The SMILES string of the molecule is COc1ccc(C2=NOC(C)(c3nc(-c4ccccc4)no3)C2)cc1OC1CCCC1. The van der Waals surface area contributed by atoms with E-state index in [4.69, 9.17) is 18.8 Å². The van der Waals surface area contributed by atoms with Crippen molar-refractivity contribution in [3.05, 3.63) is 60.0 Å². The molecule has 1 atom stereocenters. The molecule has 7 heteroatoms. The third-order valence-corrected chi connectivity index (χ3v) is 5.87. The van der Waals surface area contributed by atoms with E-state index in [0.29, 0.717) is 18.1 Å². The standard InChI is InChI=1S/C24H25N3O4/c1-24(23-25-22(27-30-23)16-8-4-3-5-9-16)15-19(26-31-24)17-12-13-20(28-2)21(14-17)29-18-10-6-7-11-18/h3-5,8-9,12-14,18H,6-7,10-11,15H2,1-2H3. The van der Waals surface area contributed by atoms with Crippen LogP contribution in [0, 0.1) is 0 Å². The number of benzene rings is 2. The van der Waals surface area contributed by atoms with Crippen molar-refractivity contribution in [2.75, 3.05) is 7.11 Å². The summed E-state index contributed by atoms with van der Waals surface area (Å²) in [5.41, 5.74) is 1.81. The molecule has 2 heterocycles. The first-order chi connectivity index (χ1) is 15.1. The van der Waals surface area contributed by atoms with Crippen LogP contribution in [0.25, 0.3) is 11.4 Å². The molecule has 0 bridgehead atoms. The lowest BCUT2D eigenvalue weighted by molar-refractivity contribution is -0.0313. The topological polar surface area (TPSA) is 79.0 Å². The molecule has 2 aliphatic rings. The third kappa shape index (κ3) is 3.87. The third-order valence-electron chi connectivity index (χ3n) is 5.87. The van der Waals surface area contributed by atoms with Crippen molar-refractivity contribution >= 4 is 5.71 Å². The molecule has 5 rings (SSSR count). The molecule has 0 N–H and O–H groups in total. The van der Waals surface area contributed by atoms with Crippen molar-refractivity contribution in [1.29, 1.82) is 0 Å². The van der Waals surface area contributed by atoms with Gasteiger partial charge in [0.25, 0.3) is 5.89 Å². The van der Waals surface area contributed by atoms with Gasteiger partial charge in [0.2, 0.25) is 11.4 Å². The average Bonchev–Trinajstić information content (AvgIpc) is 3.56. The summed E-state index contributed by atoms with van der Waals surface area (Å²) in [6, 6.07) is 15.6. The van der Waals surface area contributed by atoms with E-state index >= 15 is 0 Å². The summed E-state index contributed by atoms with van der Waals surface area (Å²) >= 11 is 0. The van der Waals surface area contributed by atoms with Gasteiger partial charge in [-0.3, -0.25) is 0 Å². The predicted molar refractivity (Wildman–Crippen MR) is 115 cm³/mol. The normalized spacial score (nSPS) is 21.0. The molecule has 1 aliphatic heterocycles. The van der Waals surface area contributed by atoms with Gasteiger partial charge < -0.3 is 18.8 Å². The van der Waals surface area contributed by atoms with Crippen molar-refractivity contribution in [3.8, 4) is 22.9 Å². The fourth-order valence-electron chi connectivity index (χ4n) is 4.09. The van der Waals surface area contributed by atoms with Crippen molar-refractivity contribution in [1.82, 2.24) is 10.1 Å². The molecule has 1 fully saturated rings. The lowest BCUT2D eigenvalue weighted by Gasteiger charge is -2.17. The van der Waals surface area contributed by atoms with Crippen molar-refractivity contribution in [2.45, 2.75) is 50.7 Å². The fraction of sp³-hybridized carbons (Fsp3) is 0.375. The molecular formula is C24H25N3O4. The highest BCUT2D eigenvalue weighted by atomic mass is 16.7. The zero-order chi connectivity index (χ0) is 21.3. The van der Waals surface area contributed by atoms with Gasteiger partial charge in [-0.05, 0) is 50.8 Å². The lowest BCUT2D eigenvalue weighted by atomic mass is 9.95. The Kier molecular flexibility index (Phi) is 5.10. The van der Waals surface area contributed by atoms with Crippen LogP contribution in [0.4, 0.5) is 0 Å². The summed E-state index contributed by atoms with van der Waals surface area (Å²) in [5, 5.41) is 8.45. The van der Waals surface area contributed by atoms with Crippen LogP contribution in [0.3, 0.4) is 0 Å². The summed E-state index contributed by atoms with van der Waals surface area (Å²) in [6.45, 7) is 1.91. The van der Waals surface area contributed by atoms with E-state index in [-0.39, 0.29) is 6.10 Å². The van der Waals surface area contributed by atoms with Crippen LogP contribution in [0.1, 0.15) is 50.5 Å². The van der Waals surface area contributed by atoms with Crippen LogP contribution in [0.15, 0.2) is 58.2 Å². The predicted octanol–water partition coefficient (Wildman–Crippen LogP) is 5.11. The van der Waals surface area contributed by atoms with E-state index in [1.807, 2.05) is 55.5 Å². The molecule has 7 nitrogen and oxygen atoms in total. The van der Waals surface area contributed by atoms with E-state index < -0.39 is 5.60 Å². The zero-order valence-electron chi connectivity index (χ0n) is 17.7. The summed E-state index contributed by atoms with van der Waals surface area (Å²) in [7, 11) is 1.66. The maximum absolute atomic E-state index is 6.22. The first kappa shape index (κ1) is 19.6. The molecule has 0 saturated heterocycles. The monoisotopic (exact) mass is 419 g/mol. The van der Waals surface area contributed by atoms with Gasteiger partial charge in [0, 0.05) is 17.5 Å². The highest BCUT2D eigenvalue weighted by Gasteiger charge is 2.42. The van der Waals surface area contributed by atoms with E-state index in [1.165, 1.54) is 12.8 Å². The number of rotatable bonds is 6. The van der Waals surface area contributed by atoms with Gasteiger partial charge in [0.05, 0.1) is 18.9 Å². The van der Waals surface area contributed by atoms with Crippen LogP contribution in [0.5, 0.6) is 11.5 Å². The minimum Gasteiger partial charge on any atom is -0.493 e. The number of hydrogen-bond acceptors (Lipinski definition) is 7. The second-order valence-electron chi connectivity index (χ2n) is 8.22. The van der Waals surface area contributed by atoms with Crippen molar-refractivity contribution in [3.63, 3.8) is 0 Å². The minimum atomic E-state index is -0.818. The summed E-state index contributed by atoms with van der Waals surface area (Å²) < 4.78 is 17.3. The van der Waals surface area contributed by atoms with E-state index in [2.05, 4.69) is 15.3 Å². The van der Waals surface area contributed by atoms with E-state index in [1.54, 1.807) is 7.11 Å². The Labute approximate surface area is 181 Å². The number of oxime groups is 1. The molecule has 0 radical (unpaired) electrons. The Hall–Kier alpha value is -3.35. The van der Waals surface area contributed by atoms with Crippen LogP contribution in [-0.2, 0) is 10.4 Å². The molecular weight excluding hydrogens is 394 g/mol. The fourth-order valence-corrected chi connectivity index (χ4v) is 4.09. The largest absolute Gasteiger partial charge is 0.493 e. The number of aromatic nitrogens is 2. The van der Waals surface area contributed by atoms with Crippen molar-refractivity contribution < 1.29 is 18.8 Å². The Morgan fingerprint density at radius 2 is 1.81 bits per heavy atom. The van der Waals surface area contributed by atoms with Crippen LogP contribution < -0.4 is 9.47 Å². The van der Waals surface area contributed by atoms with Gasteiger partial charge in [-0.1, -0.05) is 40.6 Å². The number of nitrogens with zero attached hydrogens (tertiary/aromatic N) is 3. The summed E-state index contributed by atoms with van der Waals surface area (Å²) in [5.74, 6) is 2.40. The summed E-state index contributed by atoms with van der Waals surface area (Å²) in [4.78, 5) is 10.3. The highest BCUT2D eigenvalue weighted by Crippen LogP contribution is 2.38. The molecule has 1 aromatic heterocycles. The van der Waals surface area contributed by atoms with Gasteiger partial charge in [0.1, 0.15) is 0 Å². The molecule has 1 unspecified atom stereocenters. The smallest absolute Gasteiger partial charge is 0.274 e. The minimum absolute atomic E-state index is 0.242. The van der Waals surface area contributed by atoms with E-state index in [0.717, 1.165) is 41.2 Å². The Balaban J connectivity index is 1.35. The Morgan fingerprint density at radius 3 is 2.58 bits per heavy atom. The molecule has 0 amide bonds.